The van der Waals surface area contributed by atoms with Crippen LogP contribution in [0.15, 0.2) is 59.5 Å². The predicted octanol–water partition coefficient (Wildman–Crippen LogP) is 6.42. The van der Waals surface area contributed by atoms with Crippen LogP contribution in [-0.4, -0.2) is 40.6 Å². The van der Waals surface area contributed by atoms with Crippen LogP contribution in [0.5, 0.6) is 11.5 Å². The van der Waals surface area contributed by atoms with E-state index in [1.165, 1.54) is 31.4 Å². The zero-order chi connectivity index (χ0) is 29.0. The molecule has 40 heavy (non-hydrogen) atoms. The maximum absolute atomic E-state index is 13.0. The van der Waals surface area contributed by atoms with Crippen LogP contribution in [0.25, 0.3) is 6.08 Å². The van der Waals surface area contributed by atoms with Crippen LogP contribution < -0.4 is 14.8 Å². The fraction of sp³-hybridized carbons (Fsp3) is 0.148. The monoisotopic (exact) mass is 693 g/mol. The lowest BCUT2D eigenvalue weighted by atomic mass is 10.1. The number of carbonyl (C=O) groups excluding carboxylic acids is 3. The number of nitro benzene ring substituents is 1. The fourth-order valence-electron chi connectivity index (χ4n) is 3.75. The molecule has 206 valence electrons. The maximum atomic E-state index is 13.0. The molecule has 3 aromatic carbocycles. The van der Waals surface area contributed by atoms with Crippen molar-refractivity contribution in [2.24, 2.45) is 0 Å². The van der Waals surface area contributed by atoms with Crippen LogP contribution in [0.2, 0.25) is 5.02 Å². The Morgan fingerprint density at radius 1 is 1.20 bits per heavy atom. The molecule has 1 N–H and O–H groups in total. The molecule has 0 atom stereocenters. The number of nitro groups is 1. The van der Waals surface area contributed by atoms with Gasteiger partial charge in [-0.3, -0.25) is 29.4 Å². The minimum atomic E-state index is -0.560. The number of methoxy groups -OCH3 is 1. The van der Waals surface area contributed by atoms with E-state index in [1.54, 1.807) is 36.4 Å². The third-order valence-electron chi connectivity index (χ3n) is 5.74. The Morgan fingerprint density at radius 2 is 1.95 bits per heavy atom. The van der Waals surface area contributed by atoms with Crippen LogP contribution in [-0.2, 0) is 16.1 Å². The first-order valence-electron chi connectivity index (χ1n) is 11.6. The van der Waals surface area contributed by atoms with E-state index in [0.29, 0.717) is 31.3 Å². The molecule has 1 fully saturated rings. The fourth-order valence-corrected chi connectivity index (χ4v) is 5.55. The van der Waals surface area contributed by atoms with Gasteiger partial charge in [0.1, 0.15) is 0 Å². The molecule has 1 heterocycles. The highest BCUT2D eigenvalue weighted by Gasteiger charge is 2.36. The summed E-state index contributed by atoms with van der Waals surface area (Å²) in [6.07, 6.45) is 1.53. The van der Waals surface area contributed by atoms with E-state index in [4.69, 9.17) is 21.1 Å². The van der Waals surface area contributed by atoms with Crippen molar-refractivity contribution in [2.75, 3.05) is 19.0 Å². The maximum Gasteiger partial charge on any atom is 0.293 e. The number of hydrogen-bond acceptors (Lipinski definition) is 8. The summed E-state index contributed by atoms with van der Waals surface area (Å²) in [5.41, 5.74) is 2.07. The number of aryl methyl sites for hydroxylation is 1. The van der Waals surface area contributed by atoms with E-state index in [9.17, 15) is 24.5 Å². The van der Waals surface area contributed by atoms with Gasteiger partial charge in [0.2, 0.25) is 0 Å². The Bertz CT molecular complexity index is 1560. The van der Waals surface area contributed by atoms with Gasteiger partial charge in [-0.25, -0.2) is 0 Å². The summed E-state index contributed by atoms with van der Waals surface area (Å²) >= 11 is 8.88. The molecule has 1 saturated heterocycles. The minimum absolute atomic E-state index is 0.159. The van der Waals surface area contributed by atoms with Gasteiger partial charge < -0.3 is 14.8 Å². The van der Waals surface area contributed by atoms with Gasteiger partial charge in [0.05, 0.1) is 27.1 Å². The van der Waals surface area contributed by atoms with Crippen molar-refractivity contribution in [1.82, 2.24) is 4.90 Å². The van der Waals surface area contributed by atoms with E-state index in [-0.39, 0.29) is 29.3 Å². The van der Waals surface area contributed by atoms with E-state index in [2.05, 4.69) is 5.32 Å². The number of carbonyl (C=O) groups is 3. The first-order chi connectivity index (χ1) is 19.1. The first kappa shape index (κ1) is 29.4. The third kappa shape index (κ3) is 6.74. The van der Waals surface area contributed by atoms with Gasteiger partial charge >= 0.3 is 0 Å². The van der Waals surface area contributed by atoms with E-state index in [0.717, 1.165) is 22.2 Å². The summed E-state index contributed by atoms with van der Waals surface area (Å²) in [5.74, 6) is -0.296. The van der Waals surface area contributed by atoms with Gasteiger partial charge in [-0.2, -0.15) is 0 Å². The summed E-state index contributed by atoms with van der Waals surface area (Å²) in [6, 6.07) is 14.5. The Kier molecular flexibility index (Phi) is 9.32. The number of halogens is 2. The van der Waals surface area contributed by atoms with Gasteiger partial charge in [0.25, 0.3) is 22.7 Å². The highest BCUT2D eigenvalue weighted by atomic mass is 127. The molecule has 0 unspecified atom stereocenters. The number of para-hydroxylation sites is 1. The number of nitrogens with zero attached hydrogens (tertiary/aromatic N) is 2. The summed E-state index contributed by atoms with van der Waals surface area (Å²) in [5, 5.41) is 14.0. The van der Waals surface area contributed by atoms with Crippen molar-refractivity contribution in [1.29, 1.82) is 0 Å². The number of nitrogens with one attached hydrogen (secondary N) is 1. The summed E-state index contributed by atoms with van der Waals surface area (Å²) in [6.45, 7) is 1.35. The zero-order valence-electron chi connectivity index (χ0n) is 21.1. The standard InChI is InChI=1S/C27H21ClIN3O7S/c1-15-7-8-18(12-19(15)28)30-24(33)14-39-25-20(29)9-16(10-22(25)38-2)11-23-26(34)31(27(35)40-23)13-17-5-3-4-6-21(17)32(36)37/h3-12H,13-14H2,1-2H3,(H,30,33)/b23-11-. The number of rotatable bonds is 9. The molecule has 0 saturated carbocycles. The van der Waals surface area contributed by atoms with Crippen molar-refractivity contribution < 1.29 is 28.8 Å². The lowest BCUT2D eigenvalue weighted by molar-refractivity contribution is -0.385. The Labute approximate surface area is 251 Å². The average molecular weight is 694 g/mol. The topological polar surface area (TPSA) is 128 Å². The third-order valence-corrected chi connectivity index (χ3v) is 7.86. The number of amides is 3. The van der Waals surface area contributed by atoms with Crippen molar-refractivity contribution in [3.05, 3.63) is 94.9 Å². The second-order valence-electron chi connectivity index (χ2n) is 8.49. The lowest BCUT2D eigenvalue weighted by Crippen LogP contribution is -2.27. The largest absolute Gasteiger partial charge is 0.493 e. The highest BCUT2D eigenvalue weighted by molar-refractivity contribution is 14.1. The number of imide groups is 1. The first-order valence-corrected chi connectivity index (χ1v) is 13.9. The van der Waals surface area contributed by atoms with E-state index in [1.807, 2.05) is 29.5 Å². The zero-order valence-corrected chi connectivity index (χ0v) is 24.8. The smallest absolute Gasteiger partial charge is 0.293 e. The molecule has 1 aliphatic heterocycles. The number of ether oxygens (including phenoxy) is 2. The quantitative estimate of drug-likeness (QED) is 0.118. The van der Waals surface area contributed by atoms with Crippen LogP contribution in [0, 0.1) is 20.6 Å². The van der Waals surface area contributed by atoms with Crippen molar-refractivity contribution >= 4 is 80.5 Å². The van der Waals surface area contributed by atoms with Crippen LogP contribution in [0.4, 0.5) is 16.2 Å². The summed E-state index contributed by atoms with van der Waals surface area (Å²) < 4.78 is 11.8. The second-order valence-corrected chi connectivity index (χ2v) is 11.1. The normalized spacial score (nSPS) is 14.0. The molecule has 4 rings (SSSR count). The molecule has 10 nitrogen and oxygen atoms in total. The number of thioether (sulfide) groups is 1. The number of benzene rings is 3. The average Bonchev–Trinajstić information content (AvgIpc) is 3.17. The van der Waals surface area contributed by atoms with E-state index >= 15 is 0 Å². The van der Waals surface area contributed by atoms with Gasteiger partial charge in [-0.05, 0) is 82.7 Å². The van der Waals surface area contributed by atoms with Gasteiger partial charge in [0.15, 0.2) is 18.1 Å². The van der Waals surface area contributed by atoms with Crippen LogP contribution >= 0.6 is 46.0 Å². The van der Waals surface area contributed by atoms with Gasteiger partial charge in [0, 0.05) is 22.3 Å². The second kappa shape index (κ2) is 12.7. The Balaban J connectivity index is 1.48. The minimum Gasteiger partial charge on any atom is -0.493 e. The molecule has 0 aromatic heterocycles. The summed E-state index contributed by atoms with van der Waals surface area (Å²) in [4.78, 5) is 49.9. The molecule has 0 bridgehead atoms. The molecule has 0 aliphatic carbocycles. The SMILES string of the molecule is COc1cc(/C=C2\SC(=O)N(Cc3ccccc3[N+](=O)[O-])C2=O)cc(I)c1OCC(=O)Nc1ccc(C)c(Cl)c1. The highest BCUT2D eigenvalue weighted by Crippen LogP contribution is 2.38. The summed E-state index contributed by atoms with van der Waals surface area (Å²) in [7, 11) is 1.44. The van der Waals surface area contributed by atoms with Crippen LogP contribution in [0.1, 0.15) is 16.7 Å². The number of anilines is 1. The predicted molar refractivity (Wildman–Crippen MR) is 161 cm³/mol. The molecular formula is C27H21ClIN3O7S. The molecule has 0 radical (unpaired) electrons. The van der Waals surface area contributed by atoms with Crippen molar-refractivity contribution in [3.8, 4) is 11.5 Å². The van der Waals surface area contributed by atoms with Crippen LogP contribution in [0.3, 0.4) is 0 Å². The van der Waals surface area contributed by atoms with Crippen molar-refractivity contribution in [3.63, 3.8) is 0 Å². The lowest BCUT2D eigenvalue weighted by Gasteiger charge is -2.14. The molecular weight excluding hydrogens is 673 g/mol. The van der Waals surface area contributed by atoms with Gasteiger partial charge in [-0.1, -0.05) is 35.9 Å². The molecule has 1 aliphatic rings. The molecule has 0 spiro atoms. The Morgan fingerprint density at radius 3 is 2.65 bits per heavy atom. The number of hydrogen-bond donors (Lipinski definition) is 1. The van der Waals surface area contributed by atoms with Gasteiger partial charge in [-0.15, -0.1) is 0 Å². The Hall–Kier alpha value is -3.62. The molecule has 3 aromatic rings. The van der Waals surface area contributed by atoms with E-state index < -0.39 is 22.0 Å². The van der Waals surface area contributed by atoms with Crippen molar-refractivity contribution in [2.45, 2.75) is 13.5 Å². The molecule has 3 amide bonds. The molecule has 13 heteroatoms.